The van der Waals surface area contributed by atoms with Crippen LogP contribution in [-0.2, 0) is 28.6 Å². The highest BCUT2D eigenvalue weighted by molar-refractivity contribution is 5.71. The van der Waals surface area contributed by atoms with Crippen LogP contribution in [0, 0.1) is 0 Å². The van der Waals surface area contributed by atoms with Gasteiger partial charge in [0.25, 0.3) is 0 Å². The van der Waals surface area contributed by atoms with Crippen molar-refractivity contribution in [3.63, 3.8) is 0 Å². The largest absolute Gasteiger partial charge is 0.462 e. The van der Waals surface area contributed by atoms with E-state index in [2.05, 4.69) is 154 Å². The minimum Gasteiger partial charge on any atom is -0.462 e. The summed E-state index contributed by atoms with van der Waals surface area (Å²) in [5, 5.41) is 0. The van der Waals surface area contributed by atoms with Crippen LogP contribution >= 0.6 is 0 Å². The lowest BCUT2D eigenvalue weighted by molar-refractivity contribution is -0.167. The number of unbranched alkanes of at least 4 members (excludes halogenated alkanes) is 22. The minimum atomic E-state index is -0.812. The molecule has 6 nitrogen and oxygen atoms in total. The third-order valence-electron chi connectivity index (χ3n) is 12.9. The first-order valence-electron chi connectivity index (χ1n) is 31.2. The van der Waals surface area contributed by atoms with E-state index in [4.69, 9.17) is 14.2 Å². The van der Waals surface area contributed by atoms with E-state index in [9.17, 15) is 14.4 Å². The zero-order valence-corrected chi connectivity index (χ0v) is 49.2. The van der Waals surface area contributed by atoms with Gasteiger partial charge in [0.1, 0.15) is 13.2 Å². The lowest BCUT2D eigenvalue weighted by Gasteiger charge is -2.18. The Hall–Kier alpha value is -4.45. The summed E-state index contributed by atoms with van der Waals surface area (Å²) in [7, 11) is 0. The van der Waals surface area contributed by atoms with Gasteiger partial charge in [-0.3, -0.25) is 14.4 Å². The Kier molecular flexibility index (Phi) is 59.4. The van der Waals surface area contributed by atoms with Gasteiger partial charge in [-0.25, -0.2) is 0 Å². The Morgan fingerprint density at radius 3 is 0.855 bits per heavy atom. The molecule has 0 aromatic carbocycles. The molecule has 76 heavy (non-hydrogen) atoms. The van der Waals surface area contributed by atoms with Gasteiger partial charge in [-0.15, -0.1) is 0 Å². The molecule has 6 heteroatoms. The molecule has 0 aliphatic rings. The summed E-state index contributed by atoms with van der Waals surface area (Å²) in [6, 6.07) is 0. The number of allylic oxidation sites excluding steroid dienone is 22. The van der Waals surface area contributed by atoms with Gasteiger partial charge >= 0.3 is 17.9 Å². The molecule has 0 rings (SSSR count). The Balaban J connectivity index is 4.48. The SMILES string of the molecule is CC/C=C\C/C=C\C/C=C\C/C=C\C/C=C\C/C=C\C/C=C\C/C=C\CCCCC(=O)OCC(COC(=O)CCCCCCC/C=C\CCCCCCCC)OC(=O)CCCCCCC/C=C\C/C=C\CCCCCC. The number of hydrogen-bond acceptors (Lipinski definition) is 6. The Bertz CT molecular complexity index is 1630. The van der Waals surface area contributed by atoms with Crippen molar-refractivity contribution in [3.05, 3.63) is 134 Å². The third kappa shape index (κ3) is 60.4. The van der Waals surface area contributed by atoms with Gasteiger partial charge in [-0.2, -0.15) is 0 Å². The molecular weight excluding hydrogens is 937 g/mol. The predicted octanol–water partition coefficient (Wildman–Crippen LogP) is 21.4. The maximum absolute atomic E-state index is 12.9. The van der Waals surface area contributed by atoms with E-state index >= 15 is 0 Å². The highest BCUT2D eigenvalue weighted by Crippen LogP contribution is 2.14. The average Bonchev–Trinajstić information content (AvgIpc) is 3.42. The van der Waals surface area contributed by atoms with Gasteiger partial charge in [-0.1, -0.05) is 244 Å². The van der Waals surface area contributed by atoms with Crippen LogP contribution in [0.25, 0.3) is 0 Å². The molecule has 0 saturated carbocycles. The summed E-state index contributed by atoms with van der Waals surface area (Å²) in [4.78, 5) is 38.2. The van der Waals surface area contributed by atoms with Gasteiger partial charge in [0.15, 0.2) is 6.10 Å². The molecule has 0 spiro atoms. The number of esters is 3. The van der Waals surface area contributed by atoms with Crippen molar-refractivity contribution in [2.75, 3.05) is 13.2 Å². The highest BCUT2D eigenvalue weighted by atomic mass is 16.6. The molecule has 0 aromatic heterocycles. The lowest BCUT2D eigenvalue weighted by Crippen LogP contribution is -2.30. The van der Waals surface area contributed by atoms with Crippen molar-refractivity contribution in [3.8, 4) is 0 Å². The van der Waals surface area contributed by atoms with E-state index < -0.39 is 6.10 Å². The van der Waals surface area contributed by atoms with Gasteiger partial charge in [0.2, 0.25) is 0 Å². The maximum Gasteiger partial charge on any atom is 0.306 e. The second-order valence-corrected chi connectivity index (χ2v) is 20.2. The van der Waals surface area contributed by atoms with Crippen LogP contribution in [0.15, 0.2) is 134 Å². The van der Waals surface area contributed by atoms with Crippen LogP contribution in [0.5, 0.6) is 0 Å². The van der Waals surface area contributed by atoms with Crippen molar-refractivity contribution >= 4 is 17.9 Å². The van der Waals surface area contributed by atoms with Crippen LogP contribution in [0.2, 0.25) is 0 Å². The quantitative estimate of drug-likeness (QED) is 0.0261. The van der Waals surface area contributed by atoms with Crippen molar-refractivity contribution in [2.45, 2.75) is 277 Å². The number of carbonyl (C=O) groups excluding carboxylic acids is 3. The van der Waals surface area contributed by atoms with Crippen molar-refractivity contribution < 1.29 is 28.6 Å². The molecule has 0 aromatic rings. The fourth-order valence-corrected chi connectivity index (χ4v) is 8.19. The molecule has 0 aliphatic heterocycles. The van der Waals surface area contributed by atoms with E-state index in [0.717, 1.165) is 141 Å². The molecule has 0 fully saturated rings. The van der Waals surface area contributed by atoms with Crippen LogP contribution in [0.4, 0.5) is 0 Å². The van der Waals surface area contributed by atoms with Gasteiger partial charge < -0.3 is 14.2 Å². The normalized spacial score (nSPS) is 13.0. The maximum atomic E-state index is 12.9. The molecule has 1 atom stereocenters. The van der Waals surface area contributed by atoms with E-state index in [1.807, 2.05) is 0 Å². The van der Waals surface area contributed by atoms with E-state index in [1.165, 1.54) is 83.5 Å². The van der Waals surface area contributed by atoms with E-state index in [0.29, 0.717) is 25.7 Å². The fourth-order valence-electron chi connectivity index (χ4n) is 8.19. The van der Waals surface area contributed by atoms with Crippen LogP contribution < -0.4 is 0 Å². The van der Waals surface area contributed by atoms with Gasteiger partial charge in [-0.05, 0) is 141 Å². The second kappa shape index (κ2) is 63.1. The first kappa shape index (κ1) is 71.5. The molecule has 0 amide bonds. The average molecular weight is 1050 g/mol. The molecule has 0 heterocycles. The summed E-state index contributed by atoms with van der Waals surface area (Å²) < 4.78 is 16.8. The van der Waals surface area contributed by atoms with Crippen molar-refractivity contribution in [1.29, 1.82) is 0 Å². The molecule has 430 valence electrons. The van der Waals surface area contributed by atoms with Crippen molar-refractivity contribution in [2.24, 2.45) is 0 Å². The number of ether oxygens (including phenoxy) is 3. The summed E-state index contributed by atoms with van der Waals surface area (Å²) >= 11 is 0. The van der Waals surface area contributed by atoms with Crippen LogP contribution in [0.1, 0.15) is 271 Å². The molecule has 0 aliphatic carbocycles. The minimum absolute atomic E-state index is 0.105. The zero-order chi connectivity index (χ0) is 55.0. The summed E-state index contributed by atoms with van der Waals surface area (Å²) in [6.45, 7) is 6.45. The Labute approximate surface area is 468 Å². The first-order valence-corrected chi connectivity index (χ1v) is 31.2. The first-order chi connectivity index (χ1) is 37.5. The smallest absolute Gasteiger partial charge is 0.306 e. The number of carbonyl (C=O) groups is 3. The molecule has 0 radical (unpaired) electrons. The van der Waals surface area contributed by atoms with E-state index in [-0.39, 0.29) is 31.1 Å². The van der Waals surface area contributed by atoms with E-state index in [1.54, 1.807) is 0 Å². The van der Waals surface area contributed by atoms with Crippen LogP contribution in [-0.4, -0.2) is 37.2 Å². The molecule has 0 bridgehead atoms. The highest BCUT2D eigenvalue weighted by Gasteiger charge is 2.19. The predicted molar refractivity (Wildman–Crippen MR) is 329 cm³/mol. The standard InChI is InChI=1S/C70H114O6/c1-4-7-10-13-16-19-22-25-28-30-31-32-33-34-35-36-37-38-39-40-43-45-48-51-54-57-60-63-69(72)75-66-67(65-74-68(71)62-59-56-53-50-47-44-41-27-24-21-18-15-12-9-6-3)76-70(73)64-61-58-55-52-49-46-42-29-26-23-20-17-14-11-8-5-2/h7,10,16,19-20,23,25,27-29,31-32,34-35,37-38,40-43,48,51,67H,4-6,8-9,11-15,17-18,21-22,24,26,30,33,36,39,44-47,49-50,52-66H2,1-3H3/b10-7-,19-16-,23-20-,28-25-,32-31-,35-34-,38-37-,41-27-,42-29-,43-40-,51-48-. The molecular formula is C70H114O6. The monoisotopic (exact) mass is 1050 g/mol. The fraction of sp³-hybridized carbons (Fsp3) is 0.643. The lowest BCUT2D eigenvalue weighted by atomic mass is 10.1. The third-order valence-corrected chi connectivity index (χ3v) is 12.9. The summed E-state index contributed by atoms with van der Waals surface area (Å²) in [6.07, 6.45) is 88.8. The van der Waals surface area contributed by atoms with Gasteiger partial charge in [0.05, 0.1) is 0 Å². The Morgan fingerprint density at radius 2 is 0.513 bits per heavy atom. The summed E-state index contributed by atoms with van der Waals surface area (Å²) in [5.74, 6) is -0.973. The Morgan fingerprint density at radius 1 is 0.276 bits per heavy atom. The topological polar surface area (TPSA) is 78.9 Å². The zero-order valence-electron chi connectivity index (χ0n) is 49.2. The van der Waals surface area contributed by atoms with Crippen LogP contribution in [0.3, 0.4) is 0 Å². The van der Waals surface area contributed by atoms with Gasteiger partial charge in [0, 0.05) is 19.3 Å². The molecule has 0 saturated heterocycles. The number of hydrogen-bond donors (Lipinski definition) is 0. The molecule has 1 unspecified atom stereocenters. The second-order valence-electron chi connectivity index (χ2n) is 20.2. The summed E-state index contributed by atoms with van der Waals surface area (Å²) in [5.41, 5.74) is 0. The number of rotatable bonds is 55. The van der Waals surface area contributed by atoms with Crippen molar-refractivity contribution in [1.82, 2.24) is 0 Å². The molecule has 0 N–H and O–H groups in total.